The Morgan fingerprint density at radius 3 is 2.37 bits per heavy atom. The fourth-order valence-corrected chi connectivity index (χ4v) is 3.52. The van der Waals surface area contributed by atoms with Crippen LogP contribution < -0.4 is 10.2 Å². The van der Waals surface area contributed by atoms with E-state index in [-0.39, 0.29) is 11.8 Å². The zero-order chi connectivity index (χ0) is 19.2. The lowest BCUT2D eigenvalue weighted by Crippen LogP contribution is -2.49. The van der Waals surface area contributed by atoms with Gasteiger partial charge < -0.3 is 15.1 Å². The standard InChI is InChI=1S/C21H24ClN3O2/c1-16-6-2-5-9-19(16)24-12-14-25(15-13-24)20(26)10-11-23-21(27)17-7-3-4-8-18(17)22/h2-9H,10-15H2,1H3,(H,23,27). The number of para-hydroxylation sites is 1. The van der Waals surface area contributed by atoms with Gasteiger partial charge in [-0.25, -0.2) is 0 Å². The summed E-state index contributed by atoms with van der Waals surface area (Å²) in [5.41, 5.74) is 2.91. The average Bonchev–Trinajstić information content (AvgIpc) is 2.68. The van der Waals surface area contributed by atoms with Gasteiger partial charge in [-0.05, 0) is 30.7 Å². The van der Waals surface area contributed by atoms with Crippen LogP contribution in [0.25, 0.3) is 0 Å². The lowest BCUT2D eigenvalue weighted by molar-refractivity contribution is -0.131. The number of nitrogens with one attached hydrogen (secondary N) is 1. The summed E-state index contributed by atoms with van der Waals surface area (Å²) in [5, 5.41) is 3.18. The van der Waals surface area contributed by atoms with Gasteiger partial charge in [0.05, 0.1) is 10.6 Å². The van der Waals surface area contributed by atoms with Gasteiger partial charge in [0.15, 0.2) is 0 Å². The van der Waals surface area contributed by atoms with Crippen LogP contribution in [0, 0.1) is 6.92 Å². The van der Waals surface area contributed by atoms with Gasteiger partial charge in [-0.2, -0.15) is 0 Å². The van der Waals surface area contributed by atoms with Crippen molar-refractivity contribution in [3.8, 4) is 0 Å². The molecule has 0 unspecified atom stereocenters. The van der Waals surface area contributed by atoms with Crippen LogP contribution in [0.15, 0.2) is 48.5 Å². The minimum absolute atomic E-state index is 0.0684. The molecule has 0 bridgehead atoms. The van der Waals surface area contributed by atoms with Crippen LogP contribution in [0.5, 0.6) is 0 Å². The van der Waals surface area contributed by atoms with Crippen molar-refractivity contribution in [2.75, 3.05) is 37.6 Å². The highest BCUT2D eigenvalue weighted by Crippen LogP contribution is 2.21. The van der Waals surface area contributed by atoms with Crippen molar-refractivity contribution >= 4 is 29.1 Å². The lowest BCUT2D eigenvalue weighted by atomic mass is 10.1. The van der Waals surface area contributed by atoms with Crippen molar-refractivity contribution in [2.45, 2.75) is 13.3 Å². The van der Waals surface area contributed by atoms with Crippen LogP contribution in [0.1, 0.15) is 22.3 Å². The summed E-state index contributed by atoms with van der Waals surface area (Å²) in [6.07, 6.45) is 0.292. The fraction of sp³-hybridized carbons (Fsp3) is 0.333. The molecular weight excluding hydrogens is 362 g/mol. The van der Waals surface area contributed by atoms with E-state index in [0.717, 1.165) is 13.1 Å². The Morgan fingerprint density at radius 2 is 1.67 bits per heavy atom. The van der Waals surface area contributed by atoms with Crippen LogP contribution in [-0.4, -0.2) is 49.4 Å². The SMILES string of the molecule is Cc1ccccc1N1CCN(C(=O)CCNC(=O)c2ccccc2Cl)CC1. The number of amides is 2. The van der Waals surface area contributed by atoms with Gasteiger partial charge in [0.25, 0.3) is 5.91 Å². The molecule has 1 saturated heterocycles. The molecule has 0 atom stereocenters. The first-order valence-corrected chi connectivity index (χ1v) is 9.55. The predicted molar refractivity (Wildman–Crippen MR) is 108 cm³/mol. The second-order valence-corrected chi connectivity index (χ2v) is 7.05. The molecule has 0 aliphatic carbocycles. The van der Waals surface area contributed by atoms with Gasteiger partial charge in [-0.3, -0.25) is 9.59 Å². The van der Waals surface area contributed by atoms with E-state index in [2.05, 4.69) is 29.3 Å². The number of halogens is 1. The van der Waals surface area contributed by atoms with Gasteiger partial charge in [-0.15, -0.1) is 0 Å². The molecule has 1 aliphatic rings. The quantitative estimate of drug-likeness (QED) is 0.860. The van der Waals surface area contributed by atoms with Crippen molar-refractivity contribution in [2.24, 2.45) is 0 Å². The second-order valence-electron chi connectivity index (χ2n) is 6.64. The van der Waals surface area contributed by atoms with Gasteiger partial charge in [0, 0.05) is 44.8 Å². The smallest absolute Gasteiger partial charge is 0.252 e. The zero-order valence-corrected chi connectivity index (χ0v) is 16.2. The number of anilines is 1. The highest BCUT2D eigenvalue weighted by atomic mass is 35.5. The number of hydrogen-bond donors (Lipinski definition) is 1. The maximum atomic E-state index is 12.4. The van der Waals surface area contributed by atoms with Crippen LogP contribution in [0.2, 0.25) is 5.02 Å². The van der Waals surface area contributed by atoms with Crippen molar-refractivity contribution in [1.29, 1.82) is 0 Å². The third-order valence-corrected chi connectivity index (χ3v) is 5.16. The van der Waals surface area contributed by atoms with E-state index >= 15 is 0 Å². The third kappa shape index (κ3) is 4.80. The fourth-order valence-electron chi connectivity index (χ4n) is 3.30. The molecule has 2 aromatic carbocycles. The molecule has 142 valence electrons. The van der Waals surface area contributed by atoms with Gasteiger partial charge in [0.1, 0.15) is 0 Å². The molecule has 1 aliphatic heterocycles. The minimum Gasteiger partial charge on any atom is -0.368 e. The van der Waals surface area contributed by atoms with Gasteiger partial charge in [-0.1, -0.05) is 41.9 Å². The molecule has 1 N–H and O–H groups in total. The highest BCUT2D eigenvalue weighted by molar-refractivity contribution is 6.33. The Morgan fingerprint density at radius 1 is 1.00 bits per heavy atom. The molecule has 3 rings (SSSR count). The largest absolute Gasteiger partial charge is 0.368 e. The second kappa shape index (κ2) is 8.91. The number of benzene rings is 2. The maximum absolute atomic E-state index is 12.4. The van der Waals surface area contributed by atoms with E-state index in [1.807, 2.05) is 17.0 Å². The third-order valence-electron chi connectivity index (χ3n) is 4.83. The van der Waals surface area contributed by atoms with Crippen LogP contribution in [-0.2, 0) is 4.79 Å². The number of aryl methyl sites for hydroxylation is 1. The maximum Gasteiger partial charge on any atom is 0.252 e. The van der Waals surface area contributed by atoms with E-state index in [9.17, 15) is 9.59 Å². The van der Waals surface area contributed by atoms with Crippen molar-refractivity contribution in [1.82, 2.24) is 10.2 Å². The van der Waals surface area contributed by atoms with Crippen LogP contribution in [0.4, 0.5) is 5.69 Å². The Labute approximate surface area is 164 Å². The Bertz CT molecular complexity index is 817. The van der Waals surface area contributed by atoms with Gasteiger partial charge in [0.2, 0.25) is 5.91 Å². The Balaban J connectivity index is 1.44. The molecule has 0 saturated carbocycles. The first-order valence-electron chi connectivity index (χ1n) is 9.17. The normalized spacial score (nSPS) is 14.1. The molecule has 27 heavy (non-hydrogen) atoms. The van der Waals surface area contributed by atoms with Crippen LogP contribution in [0.3, 0.4) is 0 Å². The summed E-state index contributed by atoms with van der Waals surface area (Å²) in [4.78, 5) is 28.7. The monoisotopic (exact) mass is 385 g/mol. The molecule has 1 fully saturated rings. The molecule has 0 spiro atoms. The number of piperazine rings is 1. The summed E-state index contributed by atoms with van der Waals surface area (Å²) >= 11 is 6.02. The molecule has 2 amide bonds. The molecule has 6 heteroatoms. The van der Waals surface area contributed by atoms with Crippen molar-refractivity contribution in [3.63, 3.8) is 0 Å². The van der Waals surface area contributed by atoms with E-state index in [0.29, 0.717) is 36.6 Å². The number of nitrogens with zero attached hydrogens (tertiary/aromatic N) is 2. The van der Waals surface area contributed by atoms with Gasteiger partial charge >= 0.3 is 0 Å². The summed E-state index contributed by atoms with van der Waals surface area (Å²) in [6.45, 7) is 5.46. The molecular formula is C21H24ClN3O2. The molecule has 5 nitrogen and oxygen atoms in total. The average molecular weight is 386 g/mol. The number of hydrogen-bond acceptors (Lipinski definition) is 3. The van der Waals surface area contributed by atoms with E-state index < -0.39 is 0 Å². The zero-order valence-electron chi connectivity index (χ0n) is 15.5. The lowest BCUT2D eigenvalue weighted by Gasteiger charge is -2.36. The molecule has 0 aromatic heterocycles. The van der Waals surface area contributed by atoms with Crippen LogP contribution >= 0.6 is 11.6 Å². The number of rotatable bonds is 5. The predicted octanol–water partition coefficient (Wildman–Crippen LogP) is 3.12. The number of carbonyl (C=O) groups is 2. The summed E-state index contributed by atoms with van der Waals surface area (Å²) in [7, 11) is 0. The van der Waals surface area contributed by atoms with E-state index in [1.165, 1.54) is 11.3 Å². The molecule has 2 aromatic rings. The molecule has 1 heterocycles. The van der Waals surface area contributed by atoms with Crippen molar-refractivity contribution < 1.29 is 9.59 Å². The van der Waals surface area contributed by atoms with E-state index in [4.69, 9.17) is 11.6 Å². The topological polar surface area (TPSA) is 52.6 Å². The Kier molecular flexibility index (Phi) is 6.35. The summed E-state index contributed by atoms with van der Waals surface area (Å²) in [5.74, 6) is -0.184. The summed E-state index contributed by atoms with van der Waals surface area (Å²) < 4.78 is 0. The highest BCUT2D eigenvalue weighted by Gasteiger charge is 2.21. The first-order chi connectivity index (χ1) is 13.1. The summed E-state index contributed by atoms with van der Waals surface area (Å²) in [6, 6.07) is 15.2. The van der Waals surface area contributed by atoms with E-state index in [1.54, 1.807) is 24.3 Å². The van der Waals surface area contributed by atoms with Crippen molar-refractivity contribution in [3.05, 3.63) is 64.7 Å². The Hall–Kier alpha value is -2.53. The molecule has 0 radical (unpaired) electrons. The minimum atomic E-state index is -0.252. The number of carbonyl (C=O) groups excluding carboxylic acids is 2. The first kappa shape index (κ1) is 19.2.